The van der Waals surface area contributed by atoms with Gasteiger partial charge in [0.1, 0.15) is 5.75 Å². The van der Waals surface area contributed by atoms with Gasteiger partial charge in [-0.25, -0.2) is 0 Å². The van der Waals surface area contributed by atoms with Crippen LogP contribution in [0.25, 0.3) is 11.1 Å². The highest BCUT2D eigenvalue weighted by molar-refractivity contribution is 5.67. The summed E-state index contributed by atoms with van der Waals surface area (Å²) in [5.74, 6) is 0.337. The highest BCUT2D eigenvalue weighted by atomic mass is 19.4. The van der Waals surface area contributed by atoms with Crippen LogP contribution >= 0.6 is 0 Å². The highest BCUT2D eigenvalue weighted by Crippen LogP contribution is 2.39. The molecule has 22 heavy (non-hydrogen) atoms. The monoisotopic (exact) mass is 320 g/mol. The summed E-state index contributed by atoms with van der Waals surface area (Å²) in [4.78, 5) is 0. The van der Waals surface area contributed by atoms with Crippen molar-refractivity contribution in [2.75, 3.05) is 7.11 Å². The quantitative estimate of drug-likeness (QED) is 0.673. The van der Waals surface area contributed by atoms with Crippen molar-refractivity contribution in [1.29, 1.82) is 0 Å². The van der Waals surface area contributed by atoms with Crippen LogP contribution in [-0.4, -0.2) is 7.11 Å². The maximum atomic E-state index is 12.8. The first-order valence-corrected chi connectivity index (χ1v) is 6.05. The molecule has 2 aromatic rings. The van der Waals surface area contributed by atoms with Crippen molar-refractivity contribution in [3.8, 4) is 16.9 Å². The zero-order valence-electron chi connectivity index (χ0n) is 11.2. The number of rotatable bonds is 2. The average Bonchev–Trinajstić information content (AvgIpc) is 2.45. The van der Waals surface area contributed by atoms with Gasteiger partial charge in [0.05, 0.1) is 18.2 Å². The predicted molar refractivity (Wildman–Crippen MR) is 68.4 cm³/mol. The van der Waals surface area contributed by atoms with Crippen LogP contribution < -0.4 is 4.74 Å². The van der Waals surface area contributed by atoms with Gasteiger partial charge in [0.2, 0.25) is 0 Å². The lowest BCUT2D eigenvalue weighted by Crippen LogP contribution is -2.11. The normalized spacial score (nSPS) is 12.3. The van der Waals surface area contributed by atoms with Gasteiger partial charge in [-0.05, 0) is 41.5 Å². The summed E-state index contributed by atoms with van der Waals surface area (Å²) < 4.78 is 81.8. The van der Waals surface area contributed by atoms with E-state index in [0.717, 1.165) is 0 Å². The van der Waals surface area contributed by atoms with Crippen molar-refractivity contribution in [2.24, 2.45) is 0 Å². The standard InChI is InChI=1S/C15H10F6O/c1-22-13-4-2-3-9(7-13)10-5-11(14(16,17)18)8-12(6-10)15(19,20)21/h2-8H,1H3. The molecule has 0 saturated carbocycles. The van der Waals surface area contributed by atoms with Crippen molar-refractivity contribution < 1.29 is 31.1 Å². The molecule has 0 bridgehead atoms. The van der Waals surface area contributed by atoms with Gasteiger partial charge in [0.15, 0.2) is 0 Å². The first-order chi connectivity index (χ1) is 10.1. The smallest absolute Gasteiger partial charge is 0.416 e. The second-order valence-electron chi connectivity index (χ2n) is 4.53. The van der Waals surface area contributed by atoms with Gasteiger partial charge in [-0.1, -0.05) is 12.1 Å². The van der Waals surface area contributed by atoms with E-state index in [1.165, 1.54) is 25.3 Å². The Labute approximate surface area is 122 Å². The summed E-state index contributed by atoms with van der Waals surface area (Å²) in [6, 6.07) is 7.29. The summed E-state index contributed by atoms with van der Waals surface area (Å²) in [6.07, 6.45) is -9.73. The topological polar surface area (TPSA) is 9.23 Å². The van der Waals surface area contributed by atoms with E-state index in [4.69, 9.17) is 4.74 Å². The lowest BCUT2D eigenvalue weighted by atomic mass is 9.99. The molecule has 0 unspecified atom stereocenters. The molecule has 0 radical (unpaired) electrons. The molecule has 0 aliphatic carbocycles. The number of alkyl halides is 6. The molecule has 0 aliphatic heterocycles. The second-order valence-corrected chi connectivity index (χ2v) is 4.53. The van der Waals surface area contributed by atoms with E-state index in [9.17, 15) is 26.3 Å². The molecule has 7 heteroatoms. The van der Waals surface area contributed by atoms with E-state index in [-0.39, 0.29) is 17.2 Å². The molecule has 0 amide bonds. The Morgan fingerprint density at radius 3 is 1.73 bits per heavy atom. The minimum Gasteiger partial charge on any atom is -0.497 e. The van der Waals surface area contributed by atoms with Crippen molar-refractivity contribution in [2.45, 2.75) is 12.4 Å². The third-order valence-corrected chi connectivity index (χ3v) is 2.99. The summed E-state index contributed by atoms with van der Waals surface area (Å²) in [5, 5.41) is 0. The number of benzene rings is 2. The van der Waals surface area contributed by atoms with Crippen molar-refractivity contribution in [3.63, 3.8) is 0 Å². The molecule has 0 aliphatic rings. The van der Waals surface area contributed by atoms with Gasteiger partial charge < -0.3 is 4.74 Å². The molecule has 0 saturated heterocycles. The van der Waals surface area contributed by atoms with Gasteiger partial charge in [-0.15, -0.1) is 0 Å². The van der Waals surface area contributed by atoms with Crippen molar-refractivity contribution in [1.82, 2.24) is 0 Å². The molecule has 0 atom stereocenters. The van der Waals surface area contributed by atoms with Crippen LogP contribution in [0.15, 0.2) is 42.5 Å². The summed E-state index contributed by atoms with van der Waals surface area (Å²) in [5.41, 5.74) is -2.67. The van der Waals surface area contributed by atoms with Crippen LogP contribution in [-0.2, 0) is 12.4 Å². The van der Waals surface area contributed by atoms with E-state index in [0.29, 0.717) is 17.9 Å². The van der Waals surface area contributed by atoms with Crippen LogP contribution in [0.4, 0.5) is 26.3 Å². The van der Waals surface area contributed by atoms with Crippen molar-refractivity contribution >= 4 is 0 Å². The Hall–Kier alpha value is -2.18. The maximum Gasteiger partial charge on any atom is 0.416 e. The number of hydrogen-bond acceptors (Lipinski definition) is 1. The Kier molecular flexibility index (Phi) is 4.08. The average molecular weight is 320 g/mol. The van der Waals surface area contributed by atoms with E-state index in [2.05, 4.69) is 0 Å². The molecular formula is C15H10F6O. The second kappa shape index (κ2) is 5.55. The van der Waals surface area contributed by atoms with Crippen LogP contribution in [0.2, 0.25) is 0 Å². The molecule has 1 nitrogen and oxygen atoms in total. The van der Waals surface area contributed by atoms with E-state index >= 15 is 0 Å². The largest absolute Gasteiger partial charge is 0.497 e. The van der Waals surface area contributed by atoms with Crippen LogP contribution in [0.5, 0.6) is 5.75 Å². The van der Waals surface area contributed by atoms with Gasteiger partial charge in [-0.3, -0.25) is 0 Å². The van der Waals surface area contributed by atoms with Crippen LogP contribution in [0.1, 0.15) is 11.1 Å². The summed E-state index contributed by atoms with van der Waals surface area (Å²) in [6.45, 7) is 0. The lowest BCUT2D eigenvalue weighted by molar-refractivity contribution is -0.143. The van der Waals surface area contributed by atoms with Crippen LogP contribution in [0.3, 0.4) is 0 Å². The van der Waals surface area contributed by atoms with Gasteiger partial charge >= 0.3 is 12.4 Å². The third-order valence-electron chi connectivity index (χ3n) is 2.99. The molecular weight excluding hydrogens is 310 g/mol. The predicted octanol–water partition coefficient (Wildman–Crippen LogP) is 5.40. The number of methoxy groups -OCH3 is 1. The molecule has 0 N–H and O–H groups in total. The number of ether oxygens (including phenoxy) is 1. The Balaban J connectivity index is 2.64. The zero-order valence-corrected chi connectivity index (χ0v) is 11.2. The summed E-state index contributed by atoms with van der Waals surface area (Å²) >= 11 is 0. The fraction of sp³-hybridized carbons (Fsp3) is 0.200. The maximum absolute atomic E-state index is 12.8. The lowest BCUT2D eigenvalue weighted by Gasteiger charge is -2.14. The number of hydrogen-bond donors (Lipinski definition) is 0. The highest BCUT2D eigenvalue weighted by Gasteiger charge is 2.36. The van der Waals surface area contributed by atoms with Crippen LogP contribution in [0, 0.1) is 0 Å². The van der Waals surface area contributed by atoms with E-state index in [1.54, 1.807) is 6.07 Å². The minimum atomic E-state index is -4.87. The third kappa shape index (κ3) is 3.52. The van der Waals surface area contributed by atoms with Crippen molar-refractivity contribution in [3.05, 3.63) is 53.6 Å². The fourth-order valence-electron chi connectivity index (χ4n) is 1.92. The van der Waals surface area contributed by atoms with Gasteiger partial charge in [-0.2, -0.15) is 26.3 Å². The molecule has 2 rings (SSSR count). The molecule has 0 heterocycles. The van der Waals surface area contributed by atoms with Gasteiger partial charge in [0.25, 0.3) is 0 Å². The minimum absolute atomic E-state index is 0.101. The molecule has 0 spiro atoms. The Morgan fingerprint density at radius 1 is 0.727 bits per heavy atom. The Morgan fingerprint density at radius 2 is 1.27 bits per heavy atom. The van der Waals surface area contributed by atoms with E-state index in [1.807, 2.05) is 0 Å². The first-order valence-electron chi connectivity index (χ1n) is 6.05. The fourth-order valence-corrected chi connectivity index (χ4v) is 1.92. The number of halogens is 6. The Bertz CT molecular complexity index is 640. The molecule has 2 aromatic carbocycles. The summed E-state index contributed by atoms with van der Waals surface area (Å²) in [7, 11) is 1.35. The first kappa shape index (κ1) is 16.2. The molecule has 118 valence electrons. The zero-order chi connectivity index (χ0) is 16.5. The van der Waals surface area contributed by atoms with E-state index < -0.39 is 23.5 Å². The molecule has 0 fully saturated rings. The SMILES string of the molecule is COc1cccc(-c2cc(C(F)(F)F)cc(C(F)(F)F)c2)c1. The molecule has 0 aromatic heterocycles. The van der Waals surface area contributed by atoms with Gasteiger partial charge in [0, 0.05) is 0 Å².